The summed E-state index contributed by atoms with van der Waals surface area (Å²) in [4.78, 5) is 94.3. The normalized spacial score (nSPS) is 13.4. The van der Waals surface area contributed by atoms with Crippen molar-refractivity contribution in [2.24, 2.45) is 0 Å². The predicted molar refractivity (Wildman–Crippen MR) is 523 cm³/mol. The van der Waals surface area contributed by atoms with Gasteiger partial charge in [0, 0.05) is 189 Å². The van der Waals surface area contributed by atoms with Gasteiger partial charge in [0.2, 0.25) is 5.01 Å². The van der Waals surface area contributed by atoms with Gasteiger partial charge in [0.1, 0.15) is 57.9 Å². The van der Waals surface area contributed by atoms with Crippen LogP contribution < -0.4 is 56.3 Å². The molecule has 6 fully saturated rings. The molecule has 38 nitrogen and oxygen atoms in total. The quantitative estimate of drug-likeness (QED) is 0.0175. The van der Waals surface area contributed by atoms with E-state index in [1.54, 1.807) is 47.6 Å². The van der Waals surface area contributed by atoms with E-state index in [4.69, 9.17) is 19.4 Å². The molecule has 6 aliphatic heterocycles. The minimum Gasteiger partial charge on any atom is -0.498 e. The smallest absolute Gasteiger partial charge is 0.388 e. The molecule has 6 saturated heterocycles. The van der Waals surface area contributed by atoms with E-state index in [9.17, 15) is 64.8 Å². The van der Waals surface area contributed by atoms with Gasteiger partial charge in [0.05, 0.1) is 20.2 Å². The number of ketones is 1. The highest BCUT2D eigenvalue weighted by Gasteiger charge is 2.30. The van der Waals surface area contributed by atoms with E-state index in [2.05, 4.69) is 120 Å². The number of hydrogen-bond acceptors (Lipinski definition) is 19. The van der Waals surface area contributed by atoms with Gasteiger partial charge in [-0.1, -0.05) is 48.5 Å². The summed E-state index contributed by atoms with van der Waals surface area (Å²) in [6, 6.07) is 41.4. The lowest BCUT2D eigenvalue weighted by Crippen LogP contribution is -2.36. The van der Waals surface area contributed by atoms with Crippen LogP contribution in [0.3, 0.4) is 0 Å². The van der Waals surface area contributed by atoms with Crippen LogP contribution in [0.2, 0.25) is 0 Å². The van der Waals surface area contributed by atoms with Crippen molar-refractivity contribution in [1.82, 2.24) is 61.3 Å². The first kappa shape index (κ1) is 104. The number of nitrogens with zero attached hydrogens (tertiary/aromatic N) is 14. The van der Waals surface area contributed by atoms with Crippen molar-refractivity contribution in [3.05, 3.63) is 273 Å². The number of anilines is 3. The molecule has 0 radical (unpaired) electrons. The van der Waals surface area contributed by atoms with Crippen molar-refractivity contribution in [3.8, 4) is 59.7 Å². The highest BCUT2D eigenvalue weighted by molar-refractivity contribution is 5.99. The van der Waals surface area contributed by atoms with E-state index < -0.39 is 0 Å². The molecule has 0 aromatic heterocycles. The molecular formula is C97H118N21O17+. The molecule has 0 saturated carbocycles. The molecule has 8 N–H and O–H groups in total. The summed E-state index contributed by atoms with van der Waals surface area (Å²) < 4.78 is 16.6. The summed E-state index contributed by atoms with van der Waals surface area (Å²) in [5.41, 5.74) is 22.1. The fourth-order valence-corrected chi connectivity index (χ4v) is 16.9. The van der Waals surface area contributed by atoms with Gasteiger partial charge in [-0.05, 0) is 218 Å². The van der Waals surface area contributed by atoms with E-state index >= 15 is 0 Å². The molecule has 6 aliphatic rings. The van der Waals surface area contributed by atoms with E-state index in [1.807, 2.05) is 158 Å². The van der Waals surface area contributed by atoms with Crippen LogP contribution in [0.5, 0.6) is 17.2 Å². The van der Waals surface area contributed by atoms with E-state index in [0.29, 0.717) is 176 Å². The Kier molecular flexibility index (Phi) is 40.2. The molecule has 12 amide bonds. The summed E-state index contributed by atoms with van der Waals surface area (Å²) in [6.45, 7) is 40.8. The second-order valence-corrected chi connectivity index (χ2v) is 32.5. The Balaban J connectivity index is 0.000000201. The average Bonchev–Trinajstić information content (AvgIpc) is 0.916. The maximum atomic E-state index is 12.6. The molecule has 0 unspecified atom stereocenters. The first-order chi connectivity index (χ1) is 64.9. The van der Waals surface area contributed by atoms with Crippen LogP contribution in [0.25, 0.3) is 35.1 Å². The number of carbonyl (C=O) groups is 7. The van der Waals surface area contributed by atoms with Crippen molar-refractivity contribution in [2.75, 3.05) is 161 Å². The van der Waals surface area contributed by atoms with E-state index in [-0.39, 0.29) is 42.0 Å². The molecule has 38 heteroatoms. The van der Waals surface area contributed by atoms with Gasteiger partial charge in [-0.25, -0.2) is 28.8 Å². The monoisotopic (exact) mass is 1850 g/mol. The molecular weight excluding hydrogens is 1730 g/mol. The molecule has 0 aliphatic carbocycles. The third kappa shape index (κ3) is 28.7. The molecule has 0 bridgehead atoms. The number of rotatable bonds is 27. The summed E-state index contributed by atoms with van der Waals surface area (Å²) >= 11 is 0. The highest BCUT2D eigenvalue weighted by Crippen LogP contribution is 2.39. The summed E-state index contributed by atoms with van der Waals surface area (Å²) in [5, 5.41) is 111. The highest BCUT2D eigenvalue weighted by atomic mass is 16.5. The van der Waals surface area contributed by atoms with Crippen LogP contribution >= 0.6 is 0 Å². The third-order valence-corrected chi connectivity index (χ3v) is 23.5. The molecule has 6 heterocycles. The van der Waals surface area contributed by atoms with Crippen LogP contribution in [0, 0.1) is 171 Å². The molecule has 7 aromatic rings. The SMILES string of the molecule is COc1cc(C#[N+][O-])ccc1OCCN1CCNC1=O.Cc1cc(C)c(C(=O)CCCN2CCNC2=O)c(C)c1C#[N+][O-].Cc1cc(C)c(NCCN2CCNC2=O)c(C)c1C#[N+][O-].Cc1cc(C)c(OCCN2CCNC2=O)c(C)c1C#[N+][O-].Cc1ccc(N(CCN2CCNC2=O)c2c(C)cc(C)c(C#[N+][O-])c2C)c(C)c1C#[N+]O.O=C1NCCN1CCCc1ccccc1C#[N+][O-]. The van der Waals surface area contributed by atoms with Crippen molar-refractivity contribution < 1.29 is 53.0 Å². The van der Waals surface area contributed by atoms with Gasteiger partial charge < -0.3 is 117 Å². The van der Waals surface area contributed by atoms with Gasteiger partial charge in [0.15, 0.2) is 17.3 Å². The number of carbonyl (C=O) groups excluding carboxylic acids is 7. The van der Waals surface area contributed by atoms with Crippen LogP contribution in [0.4, 0.5) is 45.8 Å². The van der Waals surface area contributed by atoms with Crippen molar-refractivity contribution in [2.45, 2.75) is 123 Å². The first-order valence-electron chi connectivity index (χ1n) is 44.3. The minimum atomic E-state index is -0.0723. The average molecular weight is 1850 g/mol. The zero-order valence-electron chi connectivity index (χ0n) is 79.1. The third-order valence-electron chi connectivity index (χ3n) is 23.5. The molecule has 7 aromatic carbocycles. The lowest BCUT2D eigenvalue weighted by molar-refractivity contribution is 0.0975. The maximum absolute atomic E-state index is 12.6. The Hall–Kier alpha value is -16.1. The fraction of sp³-hybridized carbons (Fsp3) is 0.423. The summed E-state index contributed by atoms with van der Waals surface area (Å²) in [6.07, 6.45) is 2.66. The Morgan fingerprint density at radius 1 is 0.422 bits per heavy atom. The van der Waals surface area contributed by atoms with Crippen LogP contribution in [0.15, 0.2) is 78.9 Å². The molecule has 0 spiro atoms. The minimum absolute atomic E-state index is 0.0102. The first-order valence-corrected chi connectivity index (χ1v) is 44.3. The Morgan fingerprint density at radius 3 is 1.36 bits per heavy atom. The number of methoxy groups -OCH3 is 1. The molecule has 13 rings (SSSR count). The Labute approximate surface area is 786 Å². The predicted octanol–water partition coefficient (Wildman–Crippen LogP) is 14.9. The number of nitrogens with one attached hydrogen (secondary N) is 7. The lowest BCUT2D eigenvalue weighted by Gasteiger charge is -2.32. The van der Waals surface area contributed by atoms with Gasteiger partial charge in [-0.3, -0.25) is 4.79 Å². The fourth-order valence-electron chi connectivity index (χ4n) is 16.9. The molecule has 135 heavy (non-hydrogen) atoms. The van der Waals surface area contributed by atoms with Crippen LogP contribution in [0.1, 0.15) is 152 Å². The lowest BCUT2D eigenvalue weighted by atomic mass is 9.90. The van der Waals surface area contributed by atoms with Crippen molar-refractivity contribution >= 4 is 59.0 Å². The largest absolute Gasteiger partial charge is 0.498 e. The number of urea groups is 6. The Bertz CT molecular complexity index is 5880. The molecule has 0 atom stereocenters. The van der Waals surface area contributed by atoms with Gasteiger partial charge in [-0.15, -0.1) is 0 Å². The topological polar surface area (TPSA) is 443 Å². The summed E-state index contributed by atoms with van der Waals surface area (Å²) in [5.74, 6) is 1.79. The van der Waals surface area contributed by atoms with E-state index in [1.165, 1.54) is 7.11 Å². The van der Waals surface area contributed by atoms with Crippen LogP contribution in [-0.2, 0) is 6.42 Å². The maximum Gasteiger partial charge on any atom is 0.388 e. The summed E-state index contributed by atoms with van der Waals surface area (Å²) in [7, 11) is 1.51. The van der Waals surface area contributed by atoms with Gasteiger partial charge in [-0.2, -0.15) is 5.21 Å². The Morgan fingerprint density at radius 2 is 0.859 bits per heavy atom. The number of ether oxygens (including phenoxy) is 3. The number of Topliss-reactive ketones (excluding diaryl/α,β-unsaturated/α-hetero) is 1. The van der Waals surface area contributed by atoms with Gasteiger partial charge >= 0.3 is 78.7 Å². The number of hydrogen-bond donors (Lipinski definition) is 8. The second-order valence-electron chi connectivity index (χ2n) is 32.5. The van der Waals surface area contributed by atoms with E-state index in [0.717, 1.165) is 156 Å². The van der Waals surface area contributed by atoms with Gasteiger partial charge in [0.25, 0.3) is 0 Å². The van der Waals surface area contributed by atoms with Crippen molar-refractivity contribution in [3.63, 3.8) is 0 Å². The van der Waals surface area contributed by atoms with Crippen LogP contribution in [-0.4, -0.2) is 228 Å². The number of aryl methyl sites for hydroxylation is 10. The zero-order valence-corrected chi connectivity index (χ0v) is 79.1. The second kappa shape index (κ2) is 52.0. The molecule has 712 valence electrons. The van der Waals surface area contributed by atoms with Crippen molar-refractivity contribution in [1.29, 1.82) is 0 Å². The standard InChI is InChI=1S/C24H27N5O3.C17H21N3O3.C15H20N4O2.C15H19N3O3.C13H15N3O4.C13H15N3O2/c1-15-6-7-22(18(4)20(15)13-26-31)29(11-10-28-9-8-25-24(28)30)23-17(3)12-16(2)21(14-27-32)19(23)5;1-11-9-12(2)16(13(3)14(11)10-19-23)15(21)5-4-7-20-8-6-18-17(20)22;1-10-8-11(2)14(12(3)13(10)9-18-21)16-4-6-19-7-5-17-15(19)20;1-10-8-11(2)14(12(3)13(10)9-17-20)21-7-6-18-5-4-16-15(18)19;1-19-12-8-10(9-15-18)2-3-11(12)20-7-6-16-5-4-14-13(16)17;17-13-14-7-9-16(13)8-3-6-11-4-1-2-5-12(11)10-15-18/h6-7,12H,8-11H2,1-5H3,(H-,25,30,31);9H,4-8H2,1-3H3,(H,18,22);8,16H,4-7H2,1-3H3,(H,17,20);8H,4-7H2,1-3H3,(H,16,19);2-3,8H,4-7H2,1H3,(H,14,17);1-2,4-5H,3,6-9H2,(H,14,17)/p+1. The number of amides is 12. The number of benzene rings is 7. The zero-order chi connectivity index (χ0) is 98.4.